The van der Waals surface area contributed by atoms with Crippen molar-refractivity contribution in [1.29, 1.82) is 0 Å². The summed E-state index contributed by atoms with van der Waals surface area (Å²) in [5, 5.41) is 13.3. The minimum atomic E-state index is -0.0320. The molecule has 148 valence electrons. The molecule has 3 rings (SSSR count). The third-order valence-corrected chi connectivity index (χ3v) is 5.33. The van der Waals surface area contributed by atoms with E-state index in [0.717, 1.165) is 41.1 Å². The predicted molar refractivity (Wildman–Crippen MR) is 112 cm³/mol. The van der Waals surface area contributed by atoms with Crippen molar-refractivity contribution >= 4 is 22.9 Å². The molecular weight excluding hydrogens is 372 g/mol. The molecule has 28 heavy (non-hydrogen) atoms. The van der Waals surface area contributed by atoms with Gasteiger partial charge in [-0.25, -0.2) is 0 Å². The molecule has 0 unspecified atom stereocenters. The first-order chi connectivity index (χ1) is 13.6. The Morgan fingerprint density at radius 1 is 1.21 bits per heavy atom. The number of anilines is 1. The highest BCUT2D eigenvalue weighted by atomic mass is 32.1. The van der Waals surface area contributed by atoms with Gasteiger partial charge in [-0.2, -0.15) is 0 Å². The van der Waals surface area contributed by atoms with E-state index in [1.54, 1.807) is 11.3 Å². The molecule has 6 nitrogen and oxygen atoms in total. The second kappa shape index (κ2) is 9.61. The van der Waals surface area contributed by atoms with Crippen LogP contribution in [0.2, 0.25) is 0 Å². The molecule has 0 bridgehead atoms. The quantitative estimate of drug-likeness (QED) is 0.574. The molecule has 0 aliphatic heterocycles. The number of para-hydroxylation sites is 1. The minimum Gasteiger partial charge on any atom is -0.419 e. The van der Waals surface area contributed by atoms with Gasteiger partial charge in [-0.05, 0) is 48.9 Å². The maximum Gasteiger partial charge on any atom is 0.257 e. The van der Waals surface area contributed by atoms with Crippen molar-refractivity contribution in [2.45, 2.75) is 40.2 Å². The Balaban J connectivity index is 1.65. The molecule has 2 aromatic heterocycles. The van der Waals surface area contributed by atoms with Crippen LogP contribution >= 0.6 is 11.3 Å². The summed E-state index contributed by atoms with van der Waals surface area (Å²) in [4.78, 5) is 15.7. The van der Waals surface area contributed by atoms with Crippen LogP contribution in [0.25, 0.3) is 10.8 Å². The molecule has 3 aromatic rings. The molecule has 7 heteroatoms. The van der Waals surface area contributed by atoms with Gasteiger partial charge in [-0.3, -0.25) is 9.69 Å². The van der Waals surface area contributed by atoms with Crippen molar-refractivity contribution in [3.8, 4) is 10.8 Å². The number of benzene rings is 1. The van der Waals surface area contributed by atoms with E-state index in [1.807, 2.05) is 41.5 Å². The molecule has 0 saturated heterocycles. The summed E-state index contributed by atoms with van der Waals surface area (Å²) in [6.45, 7) is 7.71. The Hall–Kier alpha value is -2.51. The molecule has 1 aromatic carbocycles. The Morgan fingerprint density at radius 2 is 2.07 bits per heavy atom. The van der Waals surface area contributed by atoms with Gasteiger partial charge in [-0.15, -0.1) is 21.5 Å². The van der Waals surface area contributed by atoms with Crippen LogP contribution in [0.15, 0.2) is 40.1 Å². The SMILES string of the molecule is CCCN(CC(=O)Nc1c(C)cccc1CC)Cc1nnc(-c2cccs2)o1. The highest BCUT2D eigenvalue weighted by Crippen LogP contribution is 2.24. The molecule has 0 aliphatic rings. The second-order valence-electron chi connectivity index (χ2n) is 6.70. The van der Waals surface area contributed by atoms with Crippen LogP contribution in [-0.2, 0) is 17.8 Å². The lowest BCUT2D eigenvalue weighted by Gasteiger charge is -2.20. The van der Waals surface area contributed by atoms with Crippen LogP contribution in [0.1, 0.15) is 37.3 Å². The van der Waals surface area contributed by atoms with E-state index < -0.39 is 0 Å². The van der Waals surface area contributed by atoms with E-state index in [0.29, 0.717) is 18.3 Å². The summed E-state index contributed by atoms with van der Waals surface area (Å²) in [7, 11) is 0. The first kappa shape index (κ1) is 20.2. The summed E-state index contributed by atoms with van der Waals surface area (Å²) in [5.41, 5.74) is 3.14. The molecular formula is C21H26N4O2S. The summed E-state index contributed by atoms with van der Waals surface area (Å²) in [5.74, 6) is 1.02. The lowest BCUT2D eigenvalue weighted by Crippen LogP contribution is -2.34. The Labute approximate surface area is 169 Å². The zero-order valence-corrected chi connectivity index (χ0v) is 17.4. The van der Waals surface area contributed by atoms with E-state index in [4.69, 9.17) is 4.42 Å². The Bertz CT molecular complexity index is 905. The lowest BCUT2D eigenvalue weighted by atomic mass is 10.1. The smallest absolute Gasteiger partial charge is 0.257 e. The van der Waals surface area contributed by atoms with Gasteiger partial charge in [0.1, 0.15) is 0 Å². The average molecular weight is 399 g/mol. The highest BCUT2D eigenvalue weighted by Gasteiger charge is 2.17. The first-order valence-electron chi connectivity index (χ1n) is 9.57. The zero-order chi connectivity index (χ0) is 19.9. The number of amides is 1. The number of nitrogens with zero attached hydrogens (tertiary/aromatic N) is 3. The van der Waals surface area contributed by atoms with Crippen molar-refractivity contribution < 1.29 is 9.21 Å². The van der Waals surface area contributed by atoms with Crippen molar-refractivity contribution in [2.24, 2.45) is 0 Å². The summed E-state index contributed by atoms with van der Waals surface area (Å²) in [6, 6.07) is 9.99. The van der Waals surface area contributed by atoms with E-state index >= 15 is 0 Å². The summed E-state index contributed by atoms with van der Waals surface area (Å²) >= 11 is 1.56. The van der Waals surface area contributed by atoms with Crippen LogP contribution in [0.5, 0.6) is 0 Å². The molecule has 0 saturated carbocycles. The van der Waals surface area contributed by atoms with Crippen LogP contribution in [0.4, 0.5) is 5.69 Å². The lowest BCUT2D eigenvalue weighted by molar-refractivity contribution is -0.117. The number of aryl methyl sites for hydroxylation is 2. The third kappa shape index (κ3) is 5.05. The summed E-state index contributed by atoms with van der Waals surface area (Å²) in [6.07, 6.45) is 1.81. The fourth-order valence-corrected chi connectivity index (χ4v) is 3.77. The minimum absolute atomic E-state index is 0.0320. The Morgan fingerprint density at radius 3 is 2.79 bits per heavy atom. The number of hydrogen-bond acceptors (Lipinski definition) is 6. The van der Waals surface area contributed by atoms with E-state index in [-0.39, 0.29) is 12.5 Å². The maximum absolute atomic E-state index is 12.7. The van der Waals surface area contributed by atoms with Gasteiger partial charge in [0.05, 0.1) is 18.0 Å². The fraction of sp³-hybridized carbons (Fsp3) is 0.381. The number of aromatic nitrogens is 2. The number of nitrogens with one attached hydrogen (secondary N) is 1. The first-order valence-corrected chi connectivity index (χ1v) is 10.5. The van der Waals surface area contributed by atoms with Crippen LogP contribution in [0.3, 0.4) is 0 Å². The summed E-state index contributed by atoms with van der Waals surface area (Å²) < 4.78 is 5.78. The van der Waals surface area contributed by atoms with Gasteiger partial charge in [0.2, 0.25) is 11.8 Å². The average Bonchev–Trinajstić information content (AvgIpc) is 3.35. The molecule has 0 radical (unpaired) electrons. The Kier molecular flexibility index (Phi) is 6.95. The van der Waals surface area contributed by atoms with Gasteiger partial charge in [0, 0.05) is 5.69 Å². The van der Waals surface area contributed by atoms with Crippen molar-refractivity contribution in [1.82, 2.24) is 15.1 Å². The molecule has 1 N–H and O–H groups in total. The van der Waals surface area contributed by atoms with Gasteiger partial charge < -0.3 is 9.73 Å². The topological polar surface area (TPSA) is 71.3 Å². The van der Waals surface area contributed by atoms with E-state index in [2.05, 4.69) is 35.4 Å². The van der Waals surface area contributed by atoms with Gasteiger partial charge in [-0.1, -0.05) is 38.1 Å². The van der Waals surface area contributed by atoms with E-state index in [9.17, 15) is 4.79 Å². The number of hydrogen-bond donors (Lipinski definition) is 1. The molecule has 1 amide bonds. The largest absolute Gasteiger partial charge is 0.419 e. The van der Waals surface area contributed by atoms with Crippen LogP contribution in [-0.4, -0.2) is 34.1 Å². The number of carbonyl (C=O) groups excluding carboxylic acids is 1. The van der Waals surface area contributed by atoms with Crippen molar-refractivity contribution in [2.75, 3.05) is 18.4 Å². The molecule has 0 fully saturated rings. The van der Waals surface area contributed by atoms with Gasteiger partial charge in [0.15, 0.2) is 0 Å². The molecule has 0 spiro atoms. The number of rotatable bonds is 9. The maximum atomic E-state index is 12.7. The fourth-order valence-electron chi connectivity index (χ4n) is 3.12. The highest BCUT2D eigenvalue weighted by molar-refractivity contribution is 7.13. The normalized spacial score (nSPS) is 11.1. The van der Waals surface area contributed by atoms with Gasteiger partial charge >= 0.3 is 0 Å². The predicted octanol–water partition coefficient (Wildman–Crippen LogP) is 4.52. The second-order valence-corrected chi connectivity index (χ2v) is 7.65. The zero-order valence-electron chi connectivity index (χ0n) is 16.6. The van der Waals surface area contributed by atoms with Crippen molar-refractivity contribution in [3.05, 3.63) is 52.7 Å². The monoisotopic (exact) mass is 398 g/mol. The van der Waals surface area contributed by atoms with Gasteiger partial charge in [0.25, 0.3) is 5.89 Å². The van der Waals surface area contributed by atoms with Crippen LogP contribution in [0, 0.1) is 6.92 Å². The standard InChI is InChI=1S/C21H26N4O2S/c1-4-11-25(14-19-23-24-21(27-19)17-10-7-12-28-17)13-18(26)22-20-15(3)8-6-9-16(20)5-2/h6-10,12H,4-5,11,13-14H2,1-3H3,(H,22,26). The molecule has 0 atom stereocenters. The van der Waals surface area contributed by atoms with E-state index in [1.165, 1.54) is 0 Å². The van der Waals surface area contributed by atoms with Crippen molar-refractivity contribution in [3.63, 3.8) is 0 Å². The molecule has 2 heterocycles. The number of thiophene rings is 1. The molecule has 0 aliphatic carbocycles. The number of carbonyl (C=O) groups is 1. The third-order valence-electron chi connectivity index (χ3n) is 4.47. The van der Waals surface area contributed by atoms with Crippen LogP contribution < -0.4 is 5.32 Å².